The number of carbonyl (C=O) groups excluding carboxylic acids is 1. The van der Waals surface area contributed by atoms with Crippen molar-refractivity contribution in [3.05, 3.63) is 75.9 Å². The van der Waals surface area contributed by atoms with Crippen LogP contribution in [-0.4, -0.2) is 53.9 Å². The predicted molar refractivity (Wildman–Crippen MR) is 132 cm³/mol. The van der Waals surface area contributed by atoms with Crippen LogP contribution in [0.1, 0.15) is 46.4 Å². The van der Waals surface area contributed by atoms with Gasteiger partial charge in [0.05, 0.1) is 16.8 Å². The number of likely N-dealkylation sites (tertiary alicyclic amines) is 1. The SMILES string of the molecule is CN1CCC(N(C)C(=O)c2c3c(nc4ccccc24)/C(=C\c2ccc(Cl)cc2)CC3)CC1. The Labute approximate surface area is 194 Å². The highest BCUT2D eigenvalue weighted by atomic mass is 35.5. The zero-order chi connectivity index (χ0) is 22.2. The van der Waals surface area contributed by atoms with Crippen LogP contribution in [0.2, 0.25) is 5.02 Å². The summed E-state index contributed by atoms with van der Waals surface area (Å²) in [7, 11) is 4.12. The lowest BCUT2D eigenvalue weighted by Gasteiger charge is -2.35. The van der Waals surface area contributed by atoms with E-state index in [1.54, 1.807) is 0 Å². The van der Waals surface area contributed by atoms with Gasteiger partial charge in [-0.3, -0.25) is 4.79 Å². The van der Waals surface area contributed by atoms with Crippen molar-refractivity contribution >= 4 is 40.1 Å². The molecule has 2 aromatic carbocycles. The maximum atomic E-state index is 13.9. The van der Waals surface area contributed by atoms with Gasteiger partial charge in [-0.05, 0) is 86.8 Å². The molecule has 164 valence electrons. The van der Waals surface area contributed by atoms with E-state index in [0.29, 0.717) is 0 Å². The Morgan fingerprint density at radius 2 is 1.81 bits per heavy atom. The van der Waals surface area contributed by atoms with E-state index in [2.05, 4.69) is 18.0 Å². The van der Waals surface area contributed by atoms with E-state index in [0.717, 1.165) is 77.1 Å². The summed E-state index contributed by atoms with van der Waals surface area (Å²) >= 11 is 6.05. The average molecular weight is 446 g/mol. The van der Waals surface area contributed by atoms with Crippen LogP contribution in [0.4, 0.5) is 0 Å². The molecule has 0 spiro atoms. The Morgan fingerprint density at radius 3 is 2.56 bits per heavy atom. The van der Waals surface area contributed by atoms with E-state index in [1.807, 2.05) is 60.5 Å². The van der Waals surface area contributed by atoms with Crippen LogP contribution in [0.3, 0.4) is 0 Å². The first kappa shape index (κ1) is 21.2. The van der Waals surface area contributed by atoms with E-state index in [1.165, 1.54) is 5.57 Å². The molecule has 1 fully saturated rings. The first-order valence-corrected chi connectivity index (χ1v) is 11.7. The van der Waals surface area contributed by atoms with Gasteiger partial charge in [0.2, 0.25) is 0 Å². The molecule has 5 rings (SSSR count). The molecule has 5 heteroatoms. The Kier molecular flexibility index (Phi) is 5.75. The maximum Gasteiger partial charge on any atom is 0.254 e. The van der Waals surface area contributed by atoms with E-state index in [4.69, 9.17) is 16.6 Å². The molecule has 3 aromatic rings. The fourth-order valence-corrected chi connectivity index (χ4v) is 5.13. The smallest absolute Gasteiger partial charge is 0.254 e. The summed E-state index contributed by atoms with van der Waals surface area (Å²) < 4.78 is 0. The lowest BCUT2D eigenvalue weighted by Crippen LogP contribution is -2.44. The highest BCUT2D eigenvalue weighted by Gasteiger charge is 2.31. The van der Waals surface area contributed by atoms with Crippen LogP contribution in [-0.2, 0) is 6.42 Å². The molecule has 1 aliphatic carbocycles. The minimum absolute atomic E-state index is 0.127. The third-order valence-corrected chi connectivity index (χ3v) is 7.17. The molecule has 0 atom stereocenters. The number of amides is 1. The number of hydrogen-bond donors (Lipinski definition) is 0. The summed E-state index contributed by atoms with van der Waals surface area (Å²) in [6, 6.07) is 16.2. The second-order valence-electron chi connectivity index (χ2n) is 9.00. The van der Waals surface area contributed by atoms with Gasteiger partial charge in [0.1, 0.15) is 0 Å². The maximum absolute atomic E-state index is 13.9. The Morgan fingerprint density at radius 1 is 1.09 bits per heavy atom. The molecule has 0 bridgehead atoms. The summed E-state index contributed by atoms with van der Waals surface area (Å²) in [6.07, 6.45) is 5.95. The fourth-order valence-electron chi connectivity index (χ4n) is 5.01. The third kappa shape index (κ3) is 3.94. The van der Waals surface area contributed by atoms with Crippen molar-refractivity contribution in [1.29, 1.82) is 0 Å². The van der Waals surface area contributed by atoms with Gasteiger partial charge < -0.3 is 9.80 Å². The van der Waals surface area contributed by atoms with E-state index < -0.39 is 0 Å². The van der Waals surface area contributed by atoms with Crippen molar-refractivity contribution in [2.24, 2.45) is 0 Å². The summed E-state index contributed by atoms with van der Waals surface area (Å²) in [4.78, 5) is 23.2. The van der Waals surface area contributed by atoms with Gasteiger partial charge in [0.25, 0.3) is 5.91 Å². The standard InChI is InChI=1S/C27H28ClN3O/c1-30-15-13-21(14-16-30)31(2)27(32)25-22-5-3-4-6-24(22)29-26-19(9-12-23(25)26)17-18-7-10-20(28)11-8-18/h3-8,10-11,17,21H,9,12-16H2,1-2H3/b19-17-. The number of hydrogen-bond acceptors (Lipinski definition) is 3. The van der Waals surface area contributed by atoms with Crippen LogP contribution in [0, 0.1) is 0 Å². The molecule has 4 nitrogen and oxygen atoms in total. The van der Waals surface area contributed by atoms with Crippen molar-refractivity contribution in [2.45, 2.75) is 31.7 Å². The van der Waals surface area contributed by atoms with E-state index in [9.17, 15) is 4.79 Å². The highest BCUT2D eigenvalue weighted by molar-refractivity contribution is 6.30. The summed E-state index contributed by atoms with van der Waals surface area (Å²) in [5.41, 5.74) is 6.07. The normalized spacial score (nSPS) is 18.3. The van der Waals surface area contributed by atoms with Crippen molar-refractivity contribution in [3.63, 3.8) is 0 Å². The minimum atomic E-state index is 0.127. The molecule has 0 unspecified atom stereocenters. The second-order valence-corrected chi connectivity index (χ2v) is 9.44. The van der Waals surface area contributed by atoms with Gasteiger partial charge >= 0.3 is 0 Å². The predicted octanol–water partition coefficient (Wildman–Crippen LogP) is 5.54. The number of nitrogens with zero attached hydrogens (tertiary/aromatic N) is 3. The fraction of sp³-hybridized carbons (Fsp3) is 0.333. The number of fused-ring (bicyclic) bond motifs is 2. The van der Waals surface area contributed by atoms with Crippen LogP contribution >= 0.6 is 11.6 Å². The summed E-state index contributed by atoms with van der Waals surface area (Å²) in [5, 5.41) is 1.69. The van der Waals surface area contributed by atoms with Crippen LogP contribution in [0.25, 0.3) is 22.6 Å². The van der Waals surface area contributed by atoms with Gasteiger partial charge in [-0.15, -0.1) is 0 Å². The molecule has 1 saturated heterocycles. The lowest BCUT2D eigenvalue weighted by molar-refractivity contribution is 0.0660. The second kappa shape index (κ2) is 8.68. The Hall–Kier alpha value is -2.69. The first-order valence-electron chi connectivity index (χ1n) is 11.3. The zero-order valence-corrected chi connectivity index (χ0v) is 19.4. The molecule has 0 radical (unpaired) electrons. The Balaban J connectivity index is 1.57. The van der Waals surface area contributed by atoms with Crippen LogP contribution < -0.4 is 0 Å². The molecular formula is C27H28ClN3O. The molecule has 1 amide bonds. The van der Waals surface area contributed by atoms with Crippen LogP contribution in [0.5, 0.6) is 0 Å². The molecule has 2 heterocycles. The number of halogens is 1. The zero-order valence-electron chi connectivity index (χ0n) is 18.6. The molecule has 1 aliphatic heterocycles. The Bertz CT molecular complexity index is 1190. The number of carbonyl (C=O) groups is 1. The number of benzene rings is 2. The monoisotopic (exact) mass is 445 g/mol. The molecule has 0 saturated carbocycles. The molecule has 2 aliphatic rings. The van der Waals surface area contributed by atoms with Gasteiger partial charge in [0.15, 0.2) is 0 Å². The van der Waals surface area contributed by atoms with Gasteiger partial charge in [0, 0.05) is 23.5 Å². The van der Waals surface area contributed by atoms with E-state index in [-0.39, 0.29) is 11.9 Å². The molecule has 32 heavy (non-hydrogen) atoms. The number of allylic oxidation sites excluding steroid dienone is 1. The van der Waals surface area contributed by atoms with Crippen molar-refractivity contribution in [3.8, 4) is 0 Å². The molecule has 1 aromatic heterocycles. The minimum Gasteiger partial charge on any atom is -0.339 e. The van der Waals surface area contributed by atoms with E-state index >= 15 is 0 Å². The number of aromatic nitrogens is 1. The van der Waals surface area contributed by atoms with Gasteiger partial charge in [-0.2, -0.15) is 0 Å². The largest absolute Gasteiger partial charge is 0.339 e. The van der Waals surface area contributed by atoms with Crippen molar-refractivity contribution in [1.82, 2.24) is 14.8 Å². The third-order valence-electron chi connectivity index (χ3n) is 6.92. The number of pyridine rings is 1. The number of para-hydroxylation sites is 1. The summed E-state index contributed by atoms with van der Waals surface area (Å²) in [6.45, 7) is 2.07. The van der Waals surface area contributed by atoms with Gasteiger partial charge in [-0.1, -0.05) is 41.9 Å². The van der Waals surface area contributed by atoms with Crippen molar-refractivity contribution in [2.75, 3.05) is 27.2 Å². The molecule has 0 N–H and O–H groups in total. The highest BCUT2D eigenvalue weighted by Crippen LogP contribution is 2.38. The summed E-state index contributed by atoms with van der Waals surface area (Å²) in [5.74, 6) is 0.127. The quantitative estimate of drug-likeness (QED) is 0.531. The van der Waals surface area contributed by atoms with Crippen molar-refractivity contribution < 1.29 is 4.79 Å². The van der Waals surface area contributed by atoms with Crippen LogP contribution in [0.15, 0.2) is 48.5 Å². The lowest BCUT2D eigenvalue weighted by atomic mass is 9.97. The van der Waals surface area contributed by atoms with Gasteiger partial charge in [-0.25, -0.2) is 4.98 Å². The molecular weight excluding hydrogens is 418 g/mol. The number of rotatable bonds is 3. The average Bonchev–Trinajstić information content (AvgIpc) is 3.20. The first-order chi connectivity index (χ1) is 15.5. The topological polar surface area (TPSA) is 36.4 Å². The number of piperidine rings is 1.